The van der Waals surface area contributed by atoms with Crippen LogP contribution in [0.4, 0.5) is 4.39 Å². The van der Waals surface area contributed by atoms with Gasteiger partial charge in [0.25, 0.3) is 0 Å². The van der Waals surface area contributed by atoms with Gasteiger partial charge >= 0.3 is 0 Å². The van der Waals surface area contributed by atoms with E-state index < -0.39 is 15.8 Å². The molecule has 1 saturated carbocycles. The van der Waals surface area contributed by atoms with E-state index in [1.54, 1.807) is 6.92 Å². The van der Waals surface area contributed by atoms with Crippen molar-refractivity contribution >= 4 is 15.9 Å². The first-order chi connectivity index (χ1) is 12.4. The van der Waals surface area contributed by atoms with E-state index in [1.165, 1.54) is 22.9 Å². The summed E-state index contributed by atoms with van der Waals surface area (Å²) in [7, 11) is -3.71. The molecule has 1 N–H and O–H groups in total. The molecule has 7 heteroatoms. The summed E-state index contributed by atoms with van der Waals surface area (Å²) in [6.45, 7) is 2.35. The number of sulfonamides is 1. The predicted octanol–water partition coefficient (Wildman–Crippen LogP) is 2.98. The molecule has 0 aromatic heterocycles. The molecule has 0 spiro atoms. The first-order valence-electron chi connectivity index (χ1n) is 9.44. The normalized spacial score (nSPS) is 20.8. The van der Waals surface area contributed by atoms with E-state index in [1.807, 2.05) is 0 Å². The molecule has 5 nitrogen and oxygen atoms in total. The molecule has 1 heterocycles. The number of nitrogens with one attached hydrogen (secondary N) is 1. The Labute approximate surface area is 155 Å². The number of benzene rings is 1. The quantitative estimate of drug-likeness (QED) is 0.871. The van der Waals surface area contributed by atoms with Gasteiger partial charge in [0.05, 0.1) is 4.90 Å². The van der Waals surface area contributed by atoms with Gasteiger partial charge in [-0.05, 0) is 50.3 Å². The second-order valence-corrected chi connectivity index (χ2v) is 9.34. The zero-order valence-corrected chi connectivity index (χ0v) is 16.0. The topological polar surface area (TPSA) is 66.5 Å². The lowest BCUT2D eigenvalue weighted by Gasteiger charge is -2.33. The Hall–Kier alpha value is -1.47. The summed E-state index contributed by atoms with van der Waals surface area (Å²) in [4.78, 5) is 12.4. The van der Waals surface area contributed by atoms with Gasteiger partial charge in [0.1, 0.15) is 5.82 Å². The molecule has 1 aromatic carbocycles. The van der Waals surface area contributed by atoms with Crippen molar-refractivity contribution in [2.24, 2.45) is 5.92 Å². The Balaban J connectivity index is 1.59. The standard InChI is InChI=1S/C19H27FN2O3S/c1-14-7-8-16(20)13-18(14)26(24,25)22-11-9-17(10-12-22)21-19(23)15-5-3-2-4-6-15/h7-8,13,15,17H,2-6,9-12H2,1H3,(H,21,23). The van der Waals surface area contributed by atoms with Gasteiger partial charge in [0.15, 0.2) is 0 Å². The Bertz CT molecular complexity index is 752. The zero-order chi connectivity index (χ0) is 18.7. The number of rotatable bonds is 4. The highest BCUT2D eigenvalue weighted by Crippen LogP contribution is 2.26. The van der Waals surface area contributed by atoms with Crippen molar-refractivity contribution in [1.82, 2.24) is 9.62 Å². The third-order valence-corrected chi connectivity index (χ3v) is 7.58. The van der Waals surface area contributed by atoms with Crippen LogP contribution in [0.1, 0.15) is 50.5 Å². The van der Waals surface area contributed by atoms with Gasteiger partial charge < -0.3 is 5.32 Å². The lowest BCUT2D eigenvalue weighted by atomic mass is 9.88. The molecule has 26 heavy (non-hydrogen) atoms. The molecule has 1 saturated heterocycles. The largest absolute Gasteiger partial charge is 0.353 e. The van der Waals surface area contributed by atoms with Crippen molar-refractivity contribution in [1.29, 1.82) is 0 Å². The van der Waals surface area contributed by atoms with Crippen LogP contribution >= 0.6 is 0 Å². The zero-order valence-electron chi connectivity index (χ0n) is 15.2. The number of carbonyl (C=O) groups excluding carboxylic acids is 1. The Kier molecular flexibility index (Phi) is 5.97. The van der Waals surface area contributed by atoms with Crippen molar-refractivity contribution < 1.29 is 17.6 Å². The Morgan fingerprint density at radius 2 is 1.77 bits per heavy atom. The van der Waals surface area contributed by atoms with Crippen LogP contribution in [0.5, 0.6) is 0 Å². The molecule has 144 valence electrons. The van der Waals surface area contributed by atoms with E-state index in [-0.39, 0.29) is 22.8 Å². The molecule has 0 radical (unpaired) electrons. The number of hydrogen-bond donors (Lipinski definition) is 1. The maximum Gasteiger partial charge on any atom is 0.243 e. The molecule has 3 rings (SSSR count). The maximum atomic E-state index is 13.5. The molecular weight excluding hydrogens is 355 g/mol. The minimum atomic E-state index is -3.71. The fourth-order valence-corrected chi connectivity index (χ4v) is 5.62. The SMILES string of the molecule is Cc1ccc(F)cc1S(=O)(=O)N1CCC(NC(=O)C2CCCCC2)CC1. The minimum absolute atomic E-state index is 0.0180. The molecule has 1 amide bonds. The van der Waals surface area contributed by atoms with E-state index in [9.17, 15) is 17.6 Å². The van der Waals surface area contributed by atoms with Gasteiger partial charge in [-0.15, -0.1) is 0 Å². The number of amides is 1. The highest BCUT2D eigenvalue weighted by Gasteiger charge is 2.32. The Morgan fingerprint density at radius 1 is 1.12 bits per heavy atom. The van der Waals surface area contributed by atoms with E-state index in [4.69, 9.17) is 0 Å². The average molecular weight is 383 g/mol. The van der Waals surface area contributed by atoms with Crippen LogP contribution in [-0.2, 0) is 14.8 Å². The lowest BCUT2D eigenvalue weighted by Crippen LogP contribution is -2.48. The van der Waals surface area contributed by atoms with E-state index >= 15 is 0 Å². The van der Waals surface area contributed by atoms with Gasteiger partial charge in [-0.25, -0.2) is 12.8 Å². The van der Waals surface area contributed by atoms with Gasteiger partial charge in [-0.1, -0.05) is 25.3 Å². The minimum Gasteiger partial charge on any atom is -0.353 e. The van der Waals surface area contributed by atoms with Crippen molar-refractivity contribution in [2.45, 2.75) is 62.8 Å². The first-order valence-corrected chi connectivity index (χ1v) is 10.9. The fourth-order valence-electron chi connectivity index (χ4n) is 3.92. The van der Waals surface area contributed by atoms with E-state index in [2.05, 4.69) is 5.32 Å². The van der Waals surface area contributed by atoms with Gasteiger partial charge in [0, 0.05) is 25.0 Å². The summed E-state index contributed by atoms with van der Waals surface area (Å²) in [6, 6.07) is 3.85. The van der Waals surface area contributed by atoms with Gasteiger partial charge in [-0.3, -0.25) is 4.79 Å². The van der Waals surface area contributed by atoms with Crippen LogP contribution in [0.15, 0.2) is 23.1 Å². The molecule has 0 bridgehead atoms. The molecule has 2 fully saturated rings. The van der Waals surface area contributed by atoms with E-state index in [0.29, 0.717) is 31.5 Å². The molecule has 1 aliphatic heterocycles. The Morgan fingerprint density at radius 3 is 2.42 bits per heavy atom. The predicted molar refractivity (Wildman–Crippen MR) is 97.6 cm³/mol. The van der Waals surface area contributed by atoms with Crippen molar-refractivity contribution in [3.8, 4) is 0 Å². The van der Waals surface area contributed by atoms with Crippen LogP contribution in [0.25, 0.3) is 0 Å². The number of halogens is 1. The number of nitrogens with zero attached hydrogens (tertiary/aromatic N) is 1. The van der Waals surface area contributed by atoms with Crippen LogP contribution in [-0.4, -0.2) is 37.8 Å². The summed E-state index contributed by atoms with van der Waals surface area (Å²) in [5.74, 6) is -0.323. The fraction of sp³-hybridized carbons (Fsp3) is 0.632. The van der Waals surface area contributed by atoms with Crippen molar-refractivity contribution in [2.75, 3.05) is 13.1 Å². The van der Waals surface area contributed by atoms with Crippen molar-refractivity contribution in [3.63, 3.8) is 0 Å². The molecule has 0 atom stereocenters. The first kappa shape index (κ1) is 19.3. The van der Waals surface area contributed by atoms with Crippen LogP contribution < -0.4 is 5.32 Å². The highest BCUT2D eigenvalue weighted by atomic mass is 32.2. The van der Waals surface area contributed by atoms with E-state index in [0.717, 1.165) is 31.7 Å². The summed E-state index contributed by atoms with van der Waals surface area (Å²) in [6.07, 6.45) is 6.52. The highest BCUT2D eigenvalue weighted by molar-refractivity contribution is 7.89. The smallest absolute Gasteiger partial charge is 0.243 e. The third-order valence-electron chi connectivity index (χ3n) is 5.54. The molecule has 0 unspecified atom stereocenters. The van der Waals surface area contributed by atoms with Crippen molar-refractivity contribution in [3.05, 3.63) is 29.6 Å². The summed E-state index contributed by atoms with van der Waals surface area (Å²) < 4.78 is 40.5. The lowest BCUT2D eigenvalue weighted by molar-refractivity contribution is -0.126. The summed E-state index contributed by atoms with van der Waals surface area (Å²) in [5.41, 5.74) is 0.541. The third kappa shape index (κ3) is 4.26. The van der Waals surface area contributed by atoms with Crippen LogP contribution in [0, 0.1) is 18.7 Å². The summed E-state index contributed by atoms with van der Waals surface area (Å²) >= 11 is 0. The molecular formula is C19H27FN2O3S. The number of aryl methyl sites for hydroxylation is 1. The second kappa shape index (κ2) is 8.05. The second-order valence-electron chi connectivity index (χ2n) is 7.43. The maximum absolute atomic E-state index is 13.5. The van der Waals surface area contributed by atoms with Crippen LogP contribution in [0.3, 0.4) is 0 Å². The molecule has 1 aliphatic carbocycles. The van der Waals surface area contributed by atoms with Gasteiger partial charge in [-0.2, -0.15) is 4.31 Å². The summed E-state index contributed by atoms with van der Waals surface area (Å²) in [5, 5.41) is 3.10. The van der Waals surface area contributed by atoms with Gasteiger partial charge in [0.2, 0.25) is 15.9 Å². The number of carbonyl (C=O) groups is 1. The monoisotopic (exact) mass is 382 g/mol. The number of piperidine rings is 1. The average Bonchev–Trinajstić information content (AvgIpc) is 2.65. The molecule has 1 aromatic rings. The molecule has 2 aliphatic rings. The van der Waals surface area contributed by atoms with Crippen LogP contribution in [0.2, 0.25) is 0 Å². The number of hydrogen-bond acceptors (Lipinski definition) is 3.